The maximum Gasteiger partial charge on any atom is 0.150 e. The summed E-state index contributed by atoms with van der Waals surface area (Å²) in [6.45, 7) is 5.67. The molecular formula is C18H25N3O4S. The van der Waals surface area contributed by atoms with E-state index in [-0.39, 0.29) is 5.75 Å². The smallest absolute Gasteiger partial charge is 0.150 e. The Hall–Kier alpha value is -1.90. The largest absolute Gasteiger partial charge is 0.494 e. The molecule has 0 amide bonds. The highest BCUT2D eigenvalue weighted by atomic mass is 32.2. The number of benzene rings is 1. The van der Waals surface area contributed by atoms with E-state index in [9.17, 15) is 13.5 Å². The predicted octanol–water partition coefficient (Wildman–Crippen LogP) is 1.38. The van der Waals surface area contributed by atoms with E-state index in [0.717, 1.165) is 30.8 Å². The van der Waals surface area contributed by atoms with Crippen LogP contribution in [0.25, 0.3) is 0 Å². The lowest BCUT2D eigenvalue weighted by atomic mass is 10.1. The average Bonchev–Trinajstić information content (AvgIpc) is 2.97. The first-order valence-corrected chi connectivity index (χ1v) is 10.8. The minimum atomic E-state index is -3.25. The first-order chi connectivity index (χ1) is 12.3. The topological polar surface area (TPSA) is 84.7 Å². The molecule has 0 fully saturated rings. The maximum atomic E-state index is 11.4. The van der Waals surface area contributed by atoms with Crippen LogP contribution in [0.1, 0.15) is 30.0 Å². The van der Waals surface area contributed by atoms with Crippen molar-refractivity contribution in [2.24, 2.45) is 0 Å². The lowest BCUT2D eigenvalue weighted by Crippen LogP contribution is -2.33. The van der Waals surface area contributed by atoms with Crippen LogP contribution in [-0.2, 0) is 29.5 Å². The van der Waals surface area contributed by atoms with E-state index in [2.05, 4.69) is 22.1 Å². The number of aromatic nitrogens is 2. The maximum absolute atomic E-state index is 11.4. The predicted molar refractivity (Wildman–Crippen MR) is 98.6 cm³/mol. The Labute approximate surface area is 154 Å². The van der Waals surface area contributed by atoms with Crippen LogP contribution in [0.5, 0.6) is 5.75 Å². The normalized spacial score (nSPS) is 16.3. The number of aliphatic hydroxyl groups excluding tert-OH is 1. The Kier molecular flexibility index (Phi) is 5.64. The molecule has 0 aliphatic carbocycles. The van der Waals surface area contributed by atoms with Gasteiger partial charge in [-0.15, -0.1) is 0 Å². The fourth-order valence-electron chi connectivity index (χ4n) is 3.17. The summed E-state index contributed by atoms with van der Waals surface area (Å²) < 4.78 is 30.2. The molecule has 1 aromatic carbocycles. The standard InChI is InChI=1S/C18H25N3O4S/c1-3-25-16-6-4-5-14(9-16)11-20-7-8-21-15(12-20)10-17(19-21)18(22)13-26(2,23)24/h4-6,9-10,18,22H,3,7-8,11-13H2,1-2H3. The molecule has 0 spiro atoms. The van der Waals surface area contributed by atoms with Crippen molar-refractivity contribution in [1.82, 2.24) is 14.7 Å². The van der Waals surface area contributed by atoms with E-state index in [4.69, 9.17) is 4.74 Å². The molecule has 0 radical (unpaired) electrons. The Morgan fingerprint density at radius 3 is 2.85 bits per heavy atom. The van der Waals surface area contributed by atoms with Gasteiger partial charge in [-0.3, -0.25) is 9.58 Å². The monoisotopic (exact) mass is 379 g/mol. The molecule has 8 heteroatoms. The molecule has 2 aromatic rings. The second kappa shape index (κ2) is 7.77. The first kappa shape index (κ1) is 18.9. The van der Waals surface area contributed by atoms with E-state index in [1.807, 2.05) is 23.7 Å². The highest BCUT2D eigenvalue weighted by molar-refractivity contribution is 7.90. The number of nitrogens with zero attached hydrogens (tertiary/aromatic N) is 3. The van der Waals surface area contributed by atoms with E-state index < -0.39 is 15.9 Å². The van der Waals surface area contributed by atoms with Crippen LogP contribution in [0.4, 0.5) is 0 Å². The lowest BCUT2D eigenvalue weighted by Gasteiger charge is -2.27. The molecule has 3 rings (SSSR count). The Morgan fingerprint density at radius 1 is 1.31 bits per heavy atom. The van der Waals surface area contributed by atoms with Crippen molar-refractivity contribution in [2.45, 2.75) is 32.7 Å². The van der Waals surface area contributed by atoms with Gasteiger partial charge >= 0.3 is 0 Å². The molecule has 1 aliphatic rings. The summed E-state index contributed by atoms with van der Waals surface area (Å²) in [5.74, 6) is 0.565. The minimum absolute atomic E-state index is 0.308. The van der Waals surface area contributed by atoms with Gasteiger partial charge in [0.15, 0.2) is 0 Å². The fourth-order valence-corrected chi connectivity index (χ4v) is 3.92. The SMILES string of the molecule is CCOc1cccc(CN2CCn3nc(C(O)CS(C)(=O)=O)cc3C2)c1. The highest BCUT2D eigenvalue weighted by Crippen LogP contribution is 2.21. The van der Waals surface area contributed by atoms with Crippen LogP contribution >= 0.6 is 0 Å². The van der Waals surface area contributed by atoms with Crippen LogP contribution < -0.4 is 4.74 Å². The quantitative estimate of drug-likeness (QED) is 0.782. The third kappa shape index (κ3) is 4.84. The van der Waals surface area contributed by atoms with Gasteiger partial charge < -0.3 is 9.84 Å². The number of ether oxygens (including phenoxy) is 1. The number of fused-ring (bicyclic) bond motifs is 1. The van der Waals surface area contributed by atoms with Gasteiger partial charge in [0.2, 0.25) is 0 Å². The molecule has 0 bridgehead atoms. The van der Waals surface area contributed by atoms with E-state index in [0.29, 0.717) is 25.4 Å². The van der Waals surface area contributed by atoms with Gasteiger partial charge in [0.25, 0.3) is 0 Å². The van der Waals surface area contributed by atoms with Crippen LogP contribution in [0.15, 0.2) is 30.3 Å². The summed E-state index contributed by atoms with van der Waals surface area (Å²) in [5, 5.41) is 14.5. The van der Waals surface area contributed by atoms with Crippen molar-refractivity contribution in [2.75, 3.05) is 25.2 Å². The van der Waals surface area contributed by atoms with Crippen molar-refractivity contribution in [3.8, 4) is 5.75 Å². The summed E-state index contributed by atoms with van der Waals surface area (Å²) >= 11 is 0. The molecule has 1 atom stereocenters. The molecule has 1 aromatic heterocycles. The van der Waals surface area contributed by atoms with Crippen LogP contribution in [-0.4, -0.2) is 53.4 Å². The van der Waals surface area contributed by atoms with Crippen molar-refractivity contribution < 1.29 is 18.3 Å². The van der Waals surface area contributed by atoms with Gasteiger partial charge in [-0.25, -0.2) is 8.42 Å². The number of sulfone groups is 1. The first-order valence-electron chi connectivity index (χ1n) is 8.70. The molecule has 0 saturated carbocycles. The zero-order valence-electron chi connectivity index (χ0n) is 15.1. The summed E-state index contributed by atoms with van der Waals surface area (Å²) in [6.07, 6.45) is 0.0315. The summed E-state index contributed by atoms with van der Waals surface area (Å²) in [7, 11) is -3.25. The van der Waals surface area contributed by atoms with Gasteiger partial charge in [0.05, 0.1) is 30.3 Å². The number of hydrogen-bond donors (Lipinski definition) is 1. The third-order valence-electron chi connectivity index (χ3n) is 4.31. The van der Waals surface area contributed by atoms with Crippen molar-refractivity contribution in [3.63, 3.8) is 0 Å². The number of aliphatic hydroxyl groups is 1. The average molecular weight is 379 g/mol. The molecule has 1 N–H and O–H groups in total. The molecule has 26 heavy (non-hydrogen) atoms. The molecule has 142 valence electrons. The number of hydrogen-bond acceptors (Lipinski definition) is 6. The van der Waals surface area contributed by atoms with Gasteiger partial charge in [-0.2, -0.15) is 5.10 Å². The zero-order chi connectivity index (χ0) is 18.7. The van der Waals surface area contributed by atoms with Gasteiger partial charge in [0.1, 0.15) is 21.7 Å². The molecule has 7 nitrogen and oxygen atoms in total. The van der Waals surface area contributed by atoms with Crippen molar-refractivity contribution >= 4 is 9.84 Å². The second-order valence-electron chi connectivity index (χ2n) is 6.68. The highest BCUT2D eigenvalue weighted by Gasteiger charge is 2.23. The van der Waals surface area contributed by atoms with Crippen LogP contribution in [0.3, 0.4) is 0 Å². The van der Waals surface area contributed by atoms with Gasteiger partial charge in [-0.1, -0.05) is 12.1 Å². The van der Waals surface area contributed by atoms with Crippen molar-refractivity contribution in [3.05, 3.63) is 47.3 Å². The lowest BCUT2D eigenvalue weighted by molar-refractivity contribution is 0.191. The Bertz CT molecular complexity index is 863. The van der Waals surface area contributed by atoms with E-state index in [1.54, 1.807) is 6.07 Å². The summed E-state index contributed by atoms with van der Waals surface area (Å²) in [6, 6.07) is 9.88. The summed E-state index contributed by atoms with van der Waals surface area (Å²) in [5.41, 5.74) is 2.59. The van der Waals surface area contributed by atoms with E-state index in [1.165, 1.54) is 5.56 Å². The molecule has 1 unspecified atom stereocenters. The molecule has 0 saturated heterocycles. The van der Waals surface area contributed by atoms with Crippen molar-refractivity contribution in [1.29, 1.82) is 0 Å². The summed E-state index contributed by atoms with van der Waals surface area (Å²) in [4.78, 5) is 2.30. The zero-order valence-corrected chi connectivity index (χ0v) is 15.9. The van der Waals surface area contributed by atoms with Crippen LogP contribution in [0.2, 0.25) is 0 Å². The van der Waals surface area contributed by atoms with Crippen LogP contribution in [0, 0.1) is 0 Å². The molecule has 1 aliphatic heterocycles. The van der Waals surface area contributed by atoms with Gasteiger partial charge in [0, 0.05) is 25.9 Å². The van der Waals surface area contributed by atoms with E-state index >= 15 is 0 Å². The minimum Gasteiger partial charge on any atom is -0.494 e. The van der Waals surface area contributed by atoms with Gasteiger partial charge in [-0.05, 0) is 30.7 Å². The second-order valence-corrected chi connectivity index (χ2v) is 8.87. The molecule has 2 heterocycles. The third-order valence-corrected chi connectivity index (χ3v) is 5.23. The molecular weight excluding hydrogens is 354 g/mol. The Balaban J connectivity index is 1.67. The Morgan fingerprint density at radius 2 is 2.12 bits per heavy atom. The number of rotatable bonds is 7. The fraction of sp³-hybridized carbons (Fsp3) is 0.500.